The van der Waals surface area contributed by atoms with Crippen LogP contribution in [0.5, 0.6) is 17.2 Å². The number of amides is 1. The maximum absolute atomic E-state index is 12.5. The highest BCUT2D eigenvalue weighted by Crippen LogP contribution is 2.31. The first-order valence-electron chi connectivity index (χ1n) is 11.1. The van der Waals surface area contributed by atoms with Gasteiger partial charge in [0.1, 0.15) is 36.1 Å². The average molecular weight is 546 g/mol. The number of hydrogen-bond acceptors (Lipinski definition) is 5. The van der Waals surface area contributed by atoms with Crippen molar-refractivity contribution in [1.29, 1.82) is 0 Å². The molecule has 0 aliphatic rings. The van der Waals surface area contributed by atoms with Gasteiger partial charge in [0.25, 0.3) is 0 Å². The molecule has 0 heterocycles. The number of halogens is 2. The Bertz CT molecular complexity index is 1090. The number of ether oxygens (including phenoxy) is 4. The number of alkyl halides is 1. The first-order valence-corrected chi connectivity index (χ1v) is 11.9. The molecule has 0 bridgehead atoms. The molecule has 0 radical (unpaired) electrons. The molecule has 0 aromatic heterocycles. The molecule has 6 nitrogen and oxygen atoms in total. The molecule has 3 rings (SSSR count). The summed E-state index contributed by atoms with van der Waals surface area (Å²) in [5.41, 5.74) is 1.15. The Hall–Kier alpha value is -3.26. The van der Waals surface area contributed by atoms with Crippen molar-refractivity contribution in [3.63, 3.8) is 0 Å². The van der Waals surface area contributed by atoms with E-state index in [1.54, 1.807) is 51.1 Å². The molecule has 0 aliphatic heterocycles. The average Bonchev–Trinajstić information content (AvgIpc) is 2.82. The third-order valence-corrected chi connectivity index (χ3v) is 5.41. The van der Waals surface area contributed by atoms with Gasteiger partial charge in [0.05, 0.1) is 10.5 Å². The Balaban J connectivity index is 1.72. The summed E-state index contributed by atoms with van der Waals surface area (Å²) in [7, 11) is 0. The van der Waals surface area contributed by atoms with Crippen LogP contribution in [0.4, 0.5) is 9.18 Å². The number of nitrogens with one attached hydrogen (secondary N) is 1. The minimum absolute atomic E-state index is 0.114. The zero-order valence-electron chi connectivity index (χ0n) is 19.9. The Morgan fingerprint density at radius 3 is 2.29 bits per heavy atom. The number of hydrogen-bond donors (Lipinski definition) is 1. The molecule has 0 spiro atoms. The smallest absolute Gasteiger partial charge is 0.408 e. The summed E-state index contributed by atoms with van der Waals surface area (Å²) in [5.74, 6) is 1.60. The lowest BCUT2D eigenvalue weighted by atomic mass is 10.1. The van der Waals surface area contributed by atoms with Gasteiger partial charge in [-0.1, -0.05) is 42.5 Å². The van der Waals surface area contributed by atoms with Crippen molar-refractivity contribution in [1.82, 2.24) is 5.32 Å². The number of carbonyl (C=O) groups is 1. The summed E-state index contributed by atoms with van der Waals surface area (Å²) in [6, 6.07) is 21.6. The molecule has 0 unspecified atom stereocenters. The minimum Gasteiger partial charge on any atom is -0.490 e. The highest BCUT2D eigenvalue weighted by Gasteiger charge is 2.22. The second kappa shape index (κ2) is 12.4. The van der Waals surface area contributed by atoms with Crippen LogP contribution in [0.25, 0.3) is 0 Å². The first-order chi connectivity index (χ1) is 16.7. The van der Waals surface area contributed by atoms with E-state index in [-0.39, 0.29) is 6.61 Å². The van der Waals surface area contributed by atoms with Crippen LogP contribution in [0, 0.1) is 0 Å². The van der Waals surface area contributed by atoms with Crippen molar-refractivity contribution in [2.45, 2.75) is 39.0 Å². The topological polar surface area (TPSA) is 66.0 Å². The summed E-state index contributed by atoms with van der Waals surface area (Å²) < 4.78 is 35.5. The lowest BCUT2D eigenvalue weighted by Gasteiger charge is -2.24. The van der Waals surface area contributed by atoms with Crippen molar-refractivity contribution < 1.29 is 28.1 Å². The molecular weight excluding hydrogens is 517 g/mol. The van der Waals surface area contributed by atoms with E-state index in [1.807, 2.05) is 42.5 Å². The van der Waals surface area contributed by atoms with Crippen LogP contribution in [0.15, 0.2) is 77.3 Å². The molecule has 0 saturated heterocycles. The van der Waals surface area contributed by atoms with Gasteiger partial charge in [-0.25, -0.2) is 9.18 Å². The molecular formula is C27H29BrFNO5. The predicted octanol–water partition coefficient (Wildman–Crippen LogP) is 6.98. The zero-order chi connectivity index (χ0) is 25.3. The first kappa shape index (κ1) is 26.3. The Labute approximate surface area is 213 Å². The van der Waals surface area contributed by atoms with Crippen LogP contribution in [0.1, 0.15) is 37.9 Å². The largest absolute Gasteiger partial charge is 0.490 e. The molecule has 3 aromatic carbocycles. The van der Waals surface area contributed by atoms with E-state index in [0.717, 1.165) is 15.6 Å². The van der Waals surface area contributed by atoms with Gasteiger partial charge < -0.3 is 24.3 Å². The van der Waals surface area contributed by atoms with Gasteiger partial charge in [-0.15, -0.1) is 0 Å². The van der Waals surface area contributed by atoms with Gasteiger partial charge in [0.2, 0.25) is 6.86 Å². The number of alkyl carbamates (subject to hydrolysis) is 1. The standard InChI is InChI=1S/C27H29BrFNO5/c1-27(2,3)35-26(31)30-24(20-9-11-21(12-10-20)34-18-29)17-33-25-15-22(13-14-23(25)28)32-16-19-7-5-4-6-8-19/h4-15,24H,16-18H2,1-3H3,(H,30,31)/t24-/m0/s1. The Morgan fingerprint density at radius 2 is 1.63 bits per heavy atom. The van der Waals surface area contributed by atoms with Gasteiger partial charge in [-0.2, -0.15) is 0 Å². The SMILES string of the molecule is CC(C)(C)OC(=O)N[C@@H](COc1cc(OCc2ccccc2)ccc1Br)c1ccc(OCF)cc1. The van der Waals surface area contributed by atoms with E-state index < -0.39 is 24.6 Å². The highest BCUT2D eigenvalue weighted by atomic mass is 79.9. The van der Waals surface area contributed by atoms with E-state index >= 15 is 0 Å². The maximum atomic E-state index is 12.5. The third-order valence-electron chi connectivity index (χ3n) is 4.75. The van der Waals surface area contributed by atoms with Crippen molar-refractivity contribution in [2.24, 2.45) is 0 Å². The van der Waals surface area contributed by atoms with Crippen molar-refractivity contribution in [3.8, 4) is 17.2 Å². The lowest BCUT2D eigenvalue weighted by molar-refractivity contribution is 0.0486. The third kappa shape index (κ3) is 8.79. The van der Waals surface area contributed by atoms with Gasteiger partial charge in [0.15, 0.2) is 0 Å². The molecule has 0 aliphatic carbocycles. The molecule has 35 heavy (non-hydrogen) atoms. The fourth-order valence-corrected chi connectivity index (χ4v) is 3.49. The van der Waals surface area contributed by atoms with Gasteiger partial charge in [-0.05, 0) is 72.1 Å². The molecule has 186 valence electrons. The van der Waals surface area contributed by atoms with Crippen molar-refractivity contribution in [2.75, 3.05) is 13.5 Å². The van der Waals surface area contributed by atoms with Crippen LogP contribution < -0.4 is 19.5 Å². The van der Waals surface area contributed by atoms with E-state index in [4.69, 9.17) is 18.9 Å². The van der Waals surface area contributed by atoms with Crippen molar-refractivity contribution >= 4 is 22.0 Å². The van der Waals surface area contributed by atoms with Gasteiger partial charge in [-0.3, -0.25) is 0 Å². The zero-order valence-corrected chi connectivity index (χ0v) is 21.5. The van der Waals surface area contributed by atoms with Gasteiger partial charge in [0, 0.05) is 6.07 Å². The summed E-state index contributed by atoms with van der Waals surface area (Å²) in [6.07, 6.45) is -0.575. The monoisotopic (exact) mass is 545 g/mol. The van der Waals surface area contributed by atoms with E-state index in [9.17, 15) is 9.18 Å². The molecule has 1 amide bonds. The van der Waals surface area contributed by atoms with E-state index in [1.165, 1.54) is 0 Å². The molecule has 0 saturated carbocycles. The molecule has 1 N–H and O–H groups in total. The molecule has 8 heteroatoms. The molecule has 0 fully saturated rings. The summed E-state index contributed by atoms with van der Waals surface area (Å²) in [6.45, 7) is 5.00. The highest BCUT2D eigenvalue weighted by molar-refractivity contribution is 9.10. The maximum Gasteiger partial charge on any atom is 0.408 e. The summed E-state index contributed by atoms with van der Waals surface area (Å²) in [4.78, 5) is 12.5. The number of carbonyl (C=O) groups excluding carboxylic acids is 1. The van der Waals surface area contributed by atoms with Crippen molar-refractivity contribution in [3.05, 3.63) is 88.4 Å². The summed E-state index contributed by atoms with van der Waals surface area (Å²) in [5, 5.41) is 2.84. The second-order valence-electron chi connectivity index (χ2n) is 8.70. The van der Waals surface area contributed by atoms with Crippen LogP contribution in [-0.4, -0.2) is 25.2 Å². The summed E-state index contributed by atoms with van der Waals surface area (Å²) >= 11 is 3.51. The fraction of sp³-hybridized carbons (Fsp3) is 0.296. The normalized spacial score (nSPS) is 11.9. The quantitative estimate of drug-likeness (QED) is 0.297. The minimum atomic E-state index is -0.918. The van der Waals surface area contributed by atoms with E-state index in [0.29, 0.717) is 23.9 Å². The van der Waals surface area contributed by atoms with E-state index in [2.05, 4.69) is 21.2 Å². The number of rotatable bonds is 10. The predicted molar refractivity (Wildman–Crippen MR) is 136 cm³/mol. The fourth-order valence-electron chi connectivity index (χ4n) is 3.13. The van der Waals surface area contributed by atoms with Crippen LogP contribution in [0.2, 0.25) is 0 Å². The number of benzene rings is 3. The van der Waals surface area contributed by atoms with Crippen LogP contribution in [0.3, 0.4) is 0 Å². The Kier molecular flexibility index (Phi) is 9.37. The lowest BCUT2D eigenvalue weighted by Crippen LogP contribution is -2.37. The van der Waals surface area contributed by atoms with Crippen LogP contribution in [-0.2, 0) is 11.3 Å². The van der Waals surface area contributed by atoms with Gasteiger partial charge >= 0.3 is 6.09 Å². The molecule has 3 aromatic rings. The molecule has 1 atom stereocenters. The second-order valence-corrected chi connectivity index (χ2v) is 9.55. The Morgan fingerprint density at radius 1 is 0.943 bits per heavy atom. The van der Waals surface area contributed by atoms with Crippen LogP contribution >= 0.6 is 15.9 Å².